The summed E-state index contributed by atoms with van der Waals surface area (Å²) >= 11 is 0. The van der Waals surface area contributed by atoms with Gasteiger partial charge in [-0.25, -0.2) is 0 Å². The van der Waals surface area contributed by atoms with Gasteiger partial charge < -0.3 is 20.5 Å². The first-order valence-corrected chi connectivity index (χ1v) is 10.9. The van der Waals surface area contributed by atoms with Crippen molar-refractivity contribution in [1.82, 2.24) is 20.5 Å². The number of rotatable bonds is 8. The third kappa shape index (κ3) is 5.66. The van der Waals surface area contributed by atoms with E-state index in [1.165, 1.54) is 22.0 Å². The molecule has 0 radical (unpaired) electrons. The van der Waals surface area contributed by atoms with Crippen molar-refractivity contribution in [3.8, 4) is 0 Å². The van der Waals surface area contributed by atoms with Crippen molar-refractivity contribution in [1.29, 1.82) is 0 Å². The van der Waals surface area contributed by atoms with Crippen molar-refractivity contribution >= 4 is 22.8 Å². The highest BCUT2D eigenvalue weighted by atomic mass is 16.2. The second-order valence-electron chi connectivity index (χ2n) is 7.83. The number of hydrogen-bond donors (Lipinski definition) is 3. The number of aryl methyl sites for hydroxylation is 1. The molecule has 1 heterocycles. The van der Waals surface area contributed by atoms with Crippen molar-refractivity contribution in [2.75, 3.05) is 34.2 Å². The van der Waals surface area contributed by atoms with Crippen LogP contribution >= 0.6 is 0 Å². The van der Waals surface area contributed by atoms with Crippen LogP contribution in [0.25, 0.3) is 10.9 Å². The topological polar surface area (TPSA) is 72.5 Å². The van der Waals surface area contributed by atoms with Gasteiger partial charge in [0.25, 0.3) is 5.91 Å². The summed E-state index contributed by atoms with van der Waals surface area (Å²) in [7, 11) is 5.32. The number of aliphatic imine (C=N–C) groups is 1. The maximum absolute atomic E-state index is 12.1. The highest BCUT2D eigenvalue weighted by Crippen LogP contribution is 2.22. The fourth-order valence-electron chi connectivity index (χ4n) is 3.76. The molecule has 0 bridgehead atoms. The third-order valence-electron chi connectivity index (χ3n) is 5.46. The van der Waals surface area contributed by atoms with Crippen LogP contribution < -0.4 is 10.6 Å². The van der Waals surface area contributed by atoms with Gasteiger partial charge in [0.05, 0.1) is 0 Å². The third-order valence-corrected chi connectivity index (χ3v) is 5.46. The van der Waals surface area contributed by atoms with Crippen molar-refractivity contribution < 1.29 is 4.79 Å². The molecule has 3 rings (SSSR count). The van der Waals surface area contributed by atoms with Gasteiger partial charge in [0.2, 0.25) is 0 Å². The van der Waals surface area contributed by atoms with Crippen LogP contribution in [-0.4, -0.2) is 56.0 Å². The zero-order chi connectivity index (χ0) is 22.2. The average molecular weight is 420 g/mol. The van der Waals surface area contributed by atoms with Gasteiger partial charge in [0, 0.05) is 56.9 Å². The molecule has 0 fully saturated rings. The Morgan fingerprint density at radius 3 is 2.48 bits per heavy atom. The number of guanidine groups is 1. The van der Waals surface area contributed by atoms with Crippen LogP contribution in [0.3, 0.4) is 0 Å². The molecule has 1 aromatic heterocycles. The molecule has 1 amide bonds. The maximum atomic E-state index is 12.1. The second-order valence-corrected chi connectivity index (χ2v) is 7.83. The first kappa shape index (κ1) is 22.4. The molecule has 6 heteroatoms. The minimum atomic E-state index is 0.0237. The fraction of sp³-hybridized carbons (Fsp3) is 0.360. The van der Waals surface area contributed by atoms with E-state index in [0.29, 0.717) is 0 Å². The standard InChI is InChI=1S/C25H33N5O/c1-5-19-9-7-11-22-21(17-29-23(19)22)13-15-28-25(26-2)27-14-12-18-8-6-10-20(16-18)24(31)30(3)4/h6-11,16-17,29H,5,12-15H2,1-4H3,(H2,26,27,28). The molecule has 3 aromatic rings. The molecule has 0 saturated carbocycles. The summed E-state index contributed by atoms with van der Waals surface area (Å²) in [5.74, 6) is 0.810. The lowest BCUT2D eigenvalue weighted by Crippen LogP contribution is -2.39. The number of nitrogens with one attached hydrogen (secondary N) is 3. The molecule has 0 atom stereocenters. The number of amides is 1. The molecule has 0 unspecified atom stereocenters. The van der Waals surface area contributed by atoms with Crippen LogP contribution in [0.1, 0.15) is 34.0 Å². The predicted octanol–water partition coefficient (Wildman–Crippen LogP) is 3.38. The normalized spacial score (nSPS) is 11.5. The Morgan fingerprint density at radius 1 is 1.03 bits per heavy atom. The van der Waals surface area contributed by atoms with E-state index in [1.807, 2.05) is 24.3 Å². The Kier molecular flexibility index (Phi) is 7.70. The number of aromatic nitrogens is 1. The van der Waals surface area contributed by atoms with Gasteiger partial charge in [0.1, 0.15) is 0 Å². The summed E-state index contributed by atoms with van der Waals surface area (Å²) in [5.41, 5.74) is 5.76. The van der Waals surface area contributed by atoms with E-state index in [-0.39, 0.29) is 5.91 Å². The van der Waals surface area contributed by atoms with Gasteiger partial charge in [-0.15, -0.1) is 0 Å². The summed E-state index contributed by atoms with van der Waals surface area (Å²) < 4.78 is 0. The van der Waals surface area contributed by atoms with Crippen LogP contribution in [-0.2, 0) is 19.3 Å². The SMILES string of the molecule is CCc1cccc2c(CCNC(=NC)NCCc3cccc(C(=O)N(C)C)c3)c[nH]c12. The van der Waals surface area contributed by atoms with Crippen LogP contribution in [0.2, 0.25) is 0 Å². The van der Waals surface area contributed by atoms with Crippen LogP contribution in [0.4, 0.5) is 0 Å². The minimum Gasteiger partial charge on any atom is -0.361 e. The molecule has 6 nitrogen and oxygen atoms in total. The monoisotopic (exact) mass is 419 g/mol. The molecule has 2 aromatic carbocycles. The van der Waals surface area contributed by atoms with E-state index in [9.17, 15) is 4.79 Å². The molecule has 3 N–H and O–H groups in total. The molecule has 0 aliphatic heterocycles. The summed E-state index contributed by atoms with van der Waals surface area (Å²) in [4.78, 5) is 21.5. The average Bonchev–Trinajstić information content (AvgIpc) is 3.20. The van der Waals surface area contributed by atoms with Gasteiger partial charge in [-0.05, 0) is 48.1 Å². The summed E-state index contributed by atoms with van der Waals surface area (Å²) in [6.07, 6.45) is 4.88. The van der Waals surface area contributed by atoms with Crippen molar-refractivity contribution in [2.45, 2.75) is 26.2 Å². The fourth-order valence-corrected chi connectivity index (χ4v) is 3.76. The lowest BCUT2D eigenvalue weighted by Gasteiger charge is -2.13. The Morgan fingerprint density at radius 2 is 1.77 bits per heavy atom. The van der Waals surface area contributed by atoms with Gasteiger partial charge in [0.15, 0.2) is 5.96 Å². The number of para-hydroxylation sites is 1. The highest BCUT2D eigenvalue weighted by Gasteiger charge is 2.09. The largest absolute Gasteiger partial charge is 0.361 e. The zero-order valence-corrected chi connectivity index (χ0v) is 19.0. The van der Waals surface area contributed by atoms with Crippen molar-refractivity contribution in [3.63, 3.8) is 0 Å². The van der Waals surface area contributed by atoms with Gasteiger partial charge in [-0.3, -0.25) is 9.79 Å². The van der Waals surface area contributed by atoms with Crippen LogP contribution in [0.15, 0.2) is 53.7 Å². The van der Waals surface area contributed by atoms with E-state index in [0.717, 1.165) is 49.4 Å². The van der Waals surface area contributed by atoms with Crippen LogP contribution in [0, 0.1) is 0 Å². The molecule has 0 aliphatic carbocycles. The number of carbonyl (C=O) groups excluding carboxylic acids is 1. The summed E-state index contributed by atoms with van der Waals surface area (Å²) in [6, 6.07) is 14.3. The number of H-pyrrole nitrogens is 1. The number of benzene rings is 2. The van der Waals surface area contributed by atoms with Gasteiger partial charge >= 0.3 is 0 Å². The number of fused-ring (bicyclic) bond motifs is 1. The van der Waals surface area contributed by atoms with E-state index in [4.69, 9.17) is 0 Å². The van der Waals surface area contributed by atoms with E-state index >= 15 is 0 Å². The Hall–Kier alpha value is -3.28. The Bertz CT molecular complexity index is 1050. The molecule has 164 valence electrons. The number of nitrogens with zero attached hydrogens (tertiary/aromatic N) is 2. The lowest BCUT2D eigenvalue weighted by atomic mass is 10.1. The predicted molar refractivity (Wildman–Crippen MR) is 129 cm³/mol. The first-order valence-electron chi connectivity index (χ1n) is 10.9. The highest BCUT2D eigenvalue weighted by molar-refractivity contribution is 5.94. The Labute approximate surface area is 184 Å². The van der Waals surface area contributed by atoms with Crippen molar-refractivity contribution in [3.05, 3.63) is 70.9 Å². The van der Waals surface area contributed by atoms with E-state index < -0.39 is 0 Å². The van der Waals surface area contributed by atoms with Crippen LogP contribution in [0.5, 0.6) is 0 Å². The smallest absolute Gasteiger partial charge is 0.253 e. The number of aromatic amines is 1. The van der Waals surface area contributed by atoms with Crippen molar-refractivity contribution in [2.24, 2.45) is 4.99 Å². The Balaban J connectivity index is 1.49. The van der Waals surface area contributed by atoms with E-state index in [1.54, 1.807) is 26.0 Å². The number of hydrogen-bond acceptors (Lipinski definition) is 2. The zero-order valence-electron chi connectivity index (χ0n) is 19.0. The molecule has 31 heavy (non-hydrogen) atoms. The summed E-state index contributed by atoms with van der Waals surface area (Å²) in [6.45, 7) is 3.73. The lowest BCUT2D eigenvalue weighted by molar-refractivity contribution is 0.0827. The quantitative estimate of drug-likeness (QED) is 0.387. The first-order chi connectivity index (χ1) is 15.0. The molecular formula is C25H33N5O. The molecule has 0 aliphatic rings. The molecule has 0 spiro atoms. The van der Waals surface area contributed by atoms with Gasteiger partial charge in [-0.2, -0.15) is 0 Å². The summed E-state index contributed by atoms with van der Waals surface area (Å²) in [5, 5.41) is 8.06. The molecule has 0 saturated heterocycles. The second kappa shape index (κ2) is 10.7. The minimum absolute atomic E-state index is 0.0237. The van der Waals surface area contributed by atoms with Gasteiger partial charge in [-0.1, -0.05) is 37.3 Å². The molecular weight excluding hydrogens is 386 g/mol. The maximum Gasteiger partial charge on any atom is 0.253 e. The number of carbonyl (C=O) groups is 1. The van der Waals surface area contributed by atoms with E-state index in [2.05, 4.69) is 51.9 Å².